The first kappa shape index (κ1) is 22.3. The van der Waals surface area contributed by atoms with Crippen molar-refractivity contribution in [2.75, 3.05) is 5.75 Å². The van der Waals surface area contributed by atoms with E-state index in [4.69, 9.17) is 0 Å². The maximum Gasteiger partial charge on any atom is 0.241 e. The number of benzene rings is 3. The van der Waals surface area contributed by atoms with E-state index in [1.807, 2.05) is 72.2 Å². The molecule has 1 atom stereocenters. The number of sulfonamides is 1. The fourth-order valence-corrected chi connectivity index (χ4v) is 5.50. The lowest BCUT2D eigenvalue weighted by atomic mass is 10.1. The van der Waals surface area contributed by atoms with Crippen molar-refractivity contribution in [3.63, 3.8) is 0 Å². The van der Waals surface area contributed by atoms with Crippen LogP contribution in [0.5, 0.6) is 0 Å². The monoisotopic (exact) mass is 464 g/mol. The Hall–Kier alpha value is -2.94. The molecule has 0 fully saturated rings. The van der Waals surface area contributed by atoms with Gasteiger partial charge in [-0.05, 0) is 43.2 Å². The largest absolute Gasteiger partial charge is 0.277 e. The number of thioether (sulfide) groups is 1. The summed E-state index contributed by atoms with van der Waals surface area (Å²) >= 11 is 1.55. The second-order valence-corrected chi connectivity index (χ2v) is 10.1. The molecular formula is C24H24N4O2S2. The maximum atomic E-state index is 13.0. The van der Waals surface area contributed by atoms with Crippen LogP contribution < -0.4 is 4.72 Å². The van der Waals surface area contributed by atoms with E-state index in [2.05, 4.69) is 14.9 Å². The standard InChI is InChI=1S/C24H24N4O2S2/c1-19-12-14-22(15-13-19)32(29,30)27-23(20-8-4-2-5-9-20)16-17-31-24-26-25-18-28(24)21-10-6-3-7-11-21/h2-15,18,23,27H,16-17H2,1H3. The third kappa shape index (κ3) is 5.45. The van der Waals surface area contributed by atoms with Crippen molar-refractivity contribution in [1.82, 2.24) is 19.5 Å². The maximum absolute atomic E-state index is 13.0. The molecule has 8 heteroatoms. The van der Waals surface area contributed by atoms with Gasteiger partial charge in [0.15, 0.2) is 5.16 Å². The number of nitrogens with one attached hydrogen (secondary N) is 1. The Morgan fingerprint density at radius 3 is 2.28 bits per heavy atom. The number of hydrogen-bond acceptors (Lipinski definition) is 5. The molecule has 0 aliphatic rings. The van der Waals surface area contributed by atoms with E-state index in [9.17, 15) is 8.42 Å². The van der Waals surface area contributed by atoms with Crippen LogP contribution >= 0.6 is 11.8 Å². The summed E-state index contributed by atoms with van der Waals surface area (Å²) in [7, 11) is -3.65. The van der Waals surface area contributed by atoms with Gasteiger partial charge in [-0.25, -0.2) is 13.1 Å². The zero-order valence-corrected chi connectivity index (χ0v) is 19.3. The molecule has 0 spiro atoms. The number of aromatic nitrogens is 3. The summed E-state index contributed by atoms with van der Waals surface area (Å²) in [6, 6.07) is 26.1. The smallest absolute Gasteiger partial charge is 0.241 e. The first-order valence-electron chi connectivity index (χ1n) is 10.2. The molecule has 1 unspecified atom stereocenters. The van der Waals surface area contributed by atoms with Gasteiger partial charge in [-0.2, -0.15) is 0 Å². The average Bonchev–Trinajstić information content (AvgIpc) is 3.28. The van der Waals surface area contributed by atoms with Gasteiger partial charge >= 0.3 is 0 Å². The van der Waals surface area contributed by atoms with Gasteiger partial charge in [-0.3, -0.25) is 4.57 Å². The minimum absolute atomic E-state index is 0.264. The Balaban J connectivity index is 1.49. The Morgan fingerprint density at radius 1 is 0.938 bits per heavy atom. The van der Waals surface area contributed by atoms with Crippen molar-refractivity contribution >= 4 is 21.8 Å². The van der Waals surface area contributed by atoms with E-state index >= 15 is 0 Å². The van der Waals surface area contributed by atoms with Crippen LogP contribution in [0.25, 0.3) is 5.69 Å². The van der Waals surface area contributed by atoms with E-state index in [-0.39, 0.29) is 10.9 Å². The van der Waals surface area contributed by atoms with Gasteiger partial charge in [-0.1, -0.05) is 78.0 Å². The van der Waals surface area contributed by atoms with E-state index in [1.54, 1.807) is 42.4 Å². The number of nitrogens with zero attached hydrogens (tertiary/aromatic N) is 3. The van der Waals surface area contributed by atoms with E-state index in [0.29, 0.717) is 12.2 Å². The lowest BCUT2D eigenvalue weighted by Crippen LogP contribution is -2.29. The average molecular weight is 465 g/mol. The first-order valence-corrected chi connectivity index (χ1v) is 12.7. The van der Waals surface area contributed by atoms with Gasteiger partial charge in [0.1, 0.15) is 6.33 Å². The predicted octanol–water partition coefficient (Wildman–Crippen LogP) is 4.78. The Bertz CT molecular complexity index is 1240. The fraction of sp³-hybridized carbons (Fsp3) is 0.167. The van der Waals surface area contributed by atoms with Crippen molar-refractivity contribution in [2.24, 2.45) is 0 Å². The molecule has 0 aliphatic heterocycles. The molecule has 0 radical (unpaired) electrons. The van der Waals surface area contributed by atoms with E-state index in [1.165, 1.54) is 0 Å². The topological polar surface area (TPSA) is 76.9 Å². The summed E-state index contributed by atoms with van der Waals surface area (Å²) in [5.41, 5.74) is 2.93. The third-order valence-electron chi connectivity index (χ3n) is 5.02. The highest BCUT2D eigenvalue weighted by atomic mass is 32.2. The lowest BCUT2D eigenvalue weighted by molar-refractivity contribution is 0.551. The van der Waals surface area contributed by atoms with Gasteiger partial charge in [0.05, 0.1) is 4.90 Å². The van der Waals surface area contributed by atoms with Crippen molar-refractivity contribution in [3.8, 4) is 5.69 Å². The van der Waals surface area contributed by atoms with E-state index < -0.39 is 10.0 Å². The van der Waals surface area contributed by atoms with E-state index in [0.717, 1.165) is 22.0 Å². The molecule has 0 saturated carbocycles. The number of rotatable bonds is 9. The summed E-state index contributed by atoms with van der Waals surface area (Å²) in [6.45, 7) is 1.93. The van der Waals surface area contributed by atoms with Crippen LogP contribution in [-0.2, 0) is 10.0 Å². The normalized spacial score (nSPS) is 12.5. The predicted molar refractivity (Wildman–Crippen MR) is 127 cm³/mol. The van der Waals surface area contributed by atoms with Gasteiger partial charge in [0.2, 0.25) is 10.0 Å². The minimum atomic E-state index is -3.65. The summed E-state index contributed by atoms with van der Waals surface area (Å²) in [4.78, 5) is 0.264. The molecule has 4 rings (SSSR count). The second kappa shape index (κ2) is 10.1. The Labute approximate surface area is 192 Å². The Kier molecular flexibility index (Phi) is 7.04. The number of aryl methyl sites for hydroxylation is 1. The van der Waals surface area contributed by atoms with Crippen molar-refractivity contribution in [2.45, 2.75) is 29.4 Å². The summed E-state index contributed by atoms with van der Waals surface area (Å²) in [5, 5.41) is 9.04. The van der Waals surface area contributed by atoms with Crippen molar-refractivity contribution in [3.05, 3.63) is 102 Å². The van der Waals surface area contributed by atoms with Crippen LogP contribution in [0, 0.1) is 6.92 Å². The highest BCUT2D eigenvalue weighted by molar-refractivity contribution is 7.99. The molecule has 1 N–H and O–H groups in total. The van der Waals surface area contributed by atoms with Crippen LogP contribution in [0.4, 0.5) is 0 Å². The quantitative estimate of drug-likeness (QED) is 0.361. The number of para-hydroxylation sites is 1. The molecule has 32 heavy (non-hydrogen) atoms. The second-order valence-electron chi connectivity index (χ2n) is 7.35. The molecule has 164 valence electrons. The van der Waals surface area contributed by atoms with Crippen LogP contribution in [0.1, 0.15) is 23.6 Å². The zero-order valence-electron chi connectivity index (χ0n) is 17.6. The summed E-state index contributed by atoms with van der Waals surface area (Å²) < 4.78 is 30.8. The molecular weight excluding hydrogens is 440 g/mol. The summed E-state index contributed by atoms with van der Waals surface area (Å²) in [5.74, 6) is 0.668. The van der Waals surface area contributed by atoms with Gasteiger partial charge in [0, 0.05) is 17.5 Å². The SMILES string of the molecule is Cc1ccc(S(=O)(=O)NC(CCSc2nncn2-c2ccccc2)c2ccccc2)cc1. The van der Waals surface area contributed by atoms with Crippen molar-refractivity contribution < 1.29 is 8.42 Å². The highest BCUT2D eigenvalue weighted by Gasteiger charge is 2.21. The zero-order chi connectivity index (χ0) is 22.4. The lowest BCUT2D eigenvalue weighted by Gasteiger charge is -2.19. The molecule has 0 aliphatic carbocycles. The molecule has 3 aromatic carbocycles. The molecule has 0 saturated heterocycles. The molecule has 4 aromatic rings. The highest BCUT2D eigenvalue weighted by Crippen LogP contribution is 2.26. The number of hydrogen-bond donors (Lipinski definition) is 1. The van der Waals surface area contributed by atoms with Crippen LogP contribution in [0.3, 0.4) is 0 Å². The minimum Gasteiger partial charge on any atom is -0.277 e. The molecule has 0 bridgehead atoms. The Morgan fingerprint density at radius 2 is 1.59 bits per heavy atom. The van der Waals surface area contributed by atoms with Gasteiger partial charge in [-0.15, -0.1) is 10.2 Å². The van der Waals surface area contributed by atoms with Crippen LogP contribution in [0.2, 0.25) is 0 Å². The van der Waals surface area contributed by atoms with Gasteiger partial charge in [0.25, 0.3) is 0 Å². The van der Waals surface area contributed by atoms with Crippen LogP contribution in [-0.4, -0.2) is 28.9 Å². The van der Waals surface area contributed by atoms with Crippen molar-refractivity contribution in [1.29, 1.82) is 0 Å². The molecule has 1 aromatic heterocycles. The molecule has 1 heterocycles. The molecule has 6 nitrogen and oxygen atoms in total. The fourth-order valence-electron chi connectivity index (χ4n) is 3.31. The summed E-state index contributed by atoms with van der Waals surface area (Å²) in [6.07, 6.45) is 2.29. The van der Waals surface area contributed by atoms with Crippen LogP contribution in [0.15, 0.2) is 101 Å². The first-order chi connectivity index (χ1) is 15.5. The third-order valence-corrected chi connectivity index (χ3v) is 7.48. The molecule has 0 amide bonds. The van der Waals surface area contributed by atoms with Gasteiger partial charge < -0.3 is 0 Å².